The summed E-state index contributed by atoms with van der Waals surface area (Å²) >= 11 is 0. The van der Waals surface area contributed by atoms with Crippen molar-refractivity contribution in [2.45, 2.75) is 0 Å². The van der Waals surface area contributed by atoms with Gasteiger partial charge in [0, 0.05) is 28.9 Å². The molecule has 67 valence electrons. The standard InChI is InChI=1S/C13H10N/c1-14-12-8-4-2-6-10(12)11-7-3-5-9-13(11)14/h2-6,8-9H,1H3. The van der Waals surface area contributed by atoms with Crippen molar-refractivity contribution in [3.8, 4) is 0 Å². The van der Waals surface area contributed by atoms with Gasteiger partial charge in [0.1, 0.15) is 0 Å². The Morgan fingerprint density at radius 2 is 1.79 bits per heavy atom. The van der Waals surface area contributed by atoms with E-state index in [0.29, 0.717) is 0 Å². The topological polar surface area (TPSA) is 4.93 Å². The largest absolute Gasteiger partial charge is 0.344 e. The second kappa shape index (κ2) is 2.61. The molecule has 0 N–H and O–H groups in total. The van der Waals surface area contributed by atoms with Crippen molar-refractivity contribution in [2.75, 3.05) is 0 Å². The van der Waals surface area contributed by atoms with Gasteiger partial charge in [-0.2, -0.15) is 0 Å². The van der Waals surface area contributed by atoms with E-state index in [2.05, 4.69) is 48.0 Å². The molecular formula is C13H10N. The number of para-hydroxylation sites is 1. The van der Waals surface area contributed by atoms with Crippen LogP contribution in [0.3, 0.4) is 0 Å². The third-order valence-electron chi connectivity index (χ3n) is 2.73. The van der Waals surface area contributed by atoms with Crippen LogP contribution in [0.25, 0.3) is 21.8 Å². The van der Waals surface area contributed by atoms with Gasteiger partial charge in [0.2, 0.25) is 0 Å². The SMILES string of the molecule is Cn1c2ccc[c]c2c2ccccc21. The fourth-order valence-electron chi connectivity index (χ4n) is 2.03. The predicted molar refractivity (Wildman–Crippen MR) is 59.3 cm³/mol. The number of aryl methyl sites for hydroxylation is 1. The van der Waals surface area contributed by atoms with Crippen molar-refractivity contribution in [3.05, 3.63) is 48.5 Å². The first-order valence-electron chi connectivity index (χ1n) is 4.72. The normalized spacial score (nSPS) is 11.2. The molecule has 0 aliphatic rings. The predicted octanol–water partition coefficient (Wildman–Crippen LogP) is 3.13. The van der Waals surface area contributed by atoms with Crippen molar-refractivity contribution in [3.63, 3.8) is 0 Å². The minimum atomic E-state index is 1.21. The first-order chi connectivity index (χ1) is 6.88. The summed E-state index contributed by atoms with van der Waals surface area (Å²) in [6, 6.07) is 17.9. The fraction of sp³-hybridized carbons (Fsp3) is 0.0769. The molecule has 0 saturated heterocycles. The Balaban J connectivity index is 2.69. The van der Waals surface area contributed by atoms with Gasteiger partial charge in [0.05, 0.1) is 0 Å². The second-order valence-electron chi connectivity index (χ2n) is 3.51. The van der Waals surface area contributed by atoms with Crippen LogP contribution in [0.5, 0.6) is 0 Å². The van der Waals surface area contributed by atoms with Crippen molar-refractivity contribution in [1.82, 2.24) is 4.57 Å². The molecule has 0 saturated carbocycles. The van der Waals surface area contributed by atoms with E-state index in [1.807, 2.05) is 12.1 Å². The van der Waals surface area contributed by atoms with Crippen LogP contribution >= 0.6 is 0 Å². The highest BCUT2D eigenvalue weighted by molar-refractivity contribution is 6.07. The van der Waals surface area contributed by atoms with Crippen molar-refractivity contribution in [1.29, 1.82) is 0 Å². The average Bonchev–Trinajstić information content (AvgIpc) is 2.55. The van der Waals surface area contributed by atoms with E-state index in [1.165, 1.54) is 21.8 Å². The number of fused-ring (bicyclic) bond motifs is 3. The lowest BCUT2D eigenvalue weighted by atomic mass is 10.2. The summed E-state index contributed by atoms with van der Waals surface area (Å²) in [5.41, 5.74) is 2.51. The minimum Gasteiger partial charge on any atom is -0.344 e. The highest BCUT2D eigenvalue weighted by atomic mass is 14.9. The van der Waals surface area contributed by atoms with E-state index in [0.717, 1.165) is 0 Å². The minimum absolute atomic E-state index is 1.21. The van der Waals surface area contributed by atoms with Gasteiger partial charge < -0.3 is 4.57 Å². The van der Waals surface area contributed by atoms with Crippen LogP contribution in [0.15, 0.2) is 42.5 Å². The second-order valence-corrected chi connectivity index (χ2v) is 3.51. The molecule has 1 radical (unpaired) electrons. The van der Waals surface area contributed by atoms with Gasteiger partial charge in [-0.15, -0.1) is 0 Å². The molecule has 3 aromatic rings. The molecule has 0 atom stereocenters. The average molecular weight is 180 g/mol. The number of hydrogen-bond acceptors (Lipinski definition) is 0. The number of nitrogens with zero attached hydrogens (tertiary/aromatic N) is 1. The monoisotopic (exact) mass is 180 g/mol. The zero-order valence-corrected chi connectivity index (χ0v) is 7.99. The molecular weight excluding hydrogens is 170 g/mol. The molecule has 0 amide bonds. The Kier molecular flexibility index (Phi) is 1.42. The van der Waals surface area contributed by atoms with Gasteiger partial charge in [-0.05, 0) is 18.2 Å². The van der Waals surface area contributed by atoms with Crippen molar-refractivity contribution >= 4 is 21.8 Å². The quantitative estimate of drug-likeness (QED) is 0.501. The van der Waals surface area contributed by atoms with E-state index in [4.69, 9.17) is 0 Å². The number of hydrogen-bond donors (Lipinski definition) is 0. The van der Waals surface area contributed by atoms with Crippen molar-refractivity contribution in [2.24, 2.45) is 7.05 Å². The van der Waals surface area contributed by atoms with Gasteiger partial charge in [-0.25, -0.2) is 0 Å². The molecule has 1 aromatic heterocycles. The third-order valence-corrected chi connectivity index (χ3v) is 2.73. The highest BCUT2D eigenvalue weighted by Gasteiger charge is 2.05. The van der Waals surface area contributed by atoms with E-state index in [-0.39, 0.29) is 0 Å². The zero-order chi connectivity index (χ0) is 9.54. The molecule has 0 aliphatic carbocycles. The van der Waals surface area contributed by atoms with E-state index < -0.39 is 0 Å². The zero-order valence-electron chi connectivity index (χ0n) is 7.99. The highest BCUT2D eigenvalue weighted by Crippen LogP contribution is 2.26. The molecule has 0 spiro atoms. The lowest BCUT2D eigenvalue weighted by Crippen LogP contribution is -1.84. The van der Waals surface area contributed by atoms with Crippen LogP contribution in [0.2, 0.25) is 0 Å². The number of aromatic nitrogens is 1. The molecule has 1 heterocycles. The maximum atomic E-state index is 3.29. The smallest absolute Gasteiger partial charge is 0.0495 e. The summed E-state index contributed by atoms with van der Waals surface area (Å²) in [4.78, 5) is 0. The van der Waals surface area contributed by atoms with Gasteiger partial charge in [-0.1, -0.05) is 30.3 Å². The molecule has 2 aromatic carbocycles. The van der Waals surface area contributed by atoms with Crippen LogP contribution in [-0.2, 0) is 7.05 Å². The van der Waals surface area contributed by atoms with E-state index in [1.54, 1.807) is 0 Å². The van der Waals surface area contributed by atoms with Crippen LogP contribution < -0.4 is 0 Å². The molecule has 14 heavy (non-hydrogen) atoms. The Morgan fingerprint density at radius 1 is 1.00 bits per heavy atom. The summed E-state index contributed by atoms with van der Waals surface area (Å²) in [5.74, 6) is 0. The number of benzene rings is 2. The summed E-state index contributed by atoms with van der Waals surface area (Å²) in [7, 11) is 2.10. The third kappa shape index (κ3) is 0.841. The first kappa shape index (κ1) is 7.63. The van der Waals surface area contributed by atoms with Gasteiger partial charge >= 0.3 is 0 Å². The molecule has 0 unspecified atom stereocenters. The van der Waals surface area contributed by atoms with E-state index in [9.17, 15) is 0 Å². The van der Waals surface area contributed by atoms with Crippen molar-refractivity contribution < 1.29 is 0 Å². The van der Waals surface area contributed by atoms with Gasteiger partial charge in [0.25, 0.3) is 0 Å². The molecule has 3 rings (SSSR count). The summed E-state index contributed by atoms with van der Waals surface area (Å²) in [6.45, 7) is 0. The Bertz CT molecular complexity index is 551. The Morgan fingerprint density at radius 3 is 2.71 bits per heavy atom. The molecule has 0 bridgehead atoms. The van der Waals surface area contributed by atoms with Crippen LogP contribution in [0.4, 0.5) is 0 Å². The number of rotatable bonds is 0. The first-order valence-corrected chi connectivity index (χ1v) is 4.72. The molecule has 1 heteroatoms. The van der Waals surface area contributed by atoms with Crippen LogP contribution in [-0.4, -0.2) is 4.57 Å². The maximum absolute atomic E-state index is 3.29. The summed E-state index contributed by atoms with van der Waals surface area (Å²) < 4.78 is 2.21. The Hall–Kier alpha value is -1.76. The summed E-state index contributed by atoms with van der Waals surface area (Å²) in [6.07, 6.45) is 0. The maximum Gasteiger partial charge on any atom is 0.0495 e. The van der Waals surface area contributed by atoms with Crippen LogP contribution in [0.1, 0.15) is 0 Å². The Labute approximate surface area is 82.6 Å². The molecule has 0 aliphatic heterocycles. The lowest BCUT2D eigenvalue weighted by molar-refractivity contribution is 1.01. The van der Waals surface area contributed by atoms with Gasteiger partial charge in [-0.3, -0.25) is 0 Å². The van der Waals surface area contributed by atoms with Crippen LogP contribution in [0, 0.1) is 6.07 Å². The lowest BCUT2D eigenvalue weighted by Gasteiger charge is -1.95. The molecule has 1 nitrogen and oxygen atoms in total. The fourth-order valence-corrected chi connectivity index (χ4v) is 2.03. The molecule has 0 fully saturated rings. The van der Waals surface area contributed by atoms with E-state index >= 15 is 0 Å². The van der Waals surface area contributed by atoms with Gasteiger partial charge in [0.15, 0.2) is 0 Å². The summed E-state index contributed by atoms with van der Waals surface area (Å²) in [5, 5.41) is 2.50.